The molecule has 0 saturated carbocycles. The molecule has 0 spiro atoms. The molecule has 68 valence electrons. The second-order valence-corrected chi connectivity index (χ2v) is 3.88. The van der Waals surface area contributed by atoms with Crippen LogP contribution in [0.5, 0.6) is 0 Å². The lowest BCUT2D eigenvalue weighted by Gasteiger charge is -2.15. The normalized spacial score (nSPS) is 15.1. The summed E-state index contributed by atoms with van der Waals surface area (Å²) in [4.78, 5) is 3.29. The van der Waals surface area contributed by atoms with Gasteiger partial charge in [0.15, 0.2) is 0 Å². The fourth-order valence-corrected chi connectivity index (χ4v) is 2.11. The fraction of sp³-hybridized carbons (Fsp3) is 0.364. The van der Waals surface area contributed by atoms with Gasteiger partial charge < -0.3 is 4.98 Å². The molecule has 0 fully saturated rings. The van der Waals surface area contributed by atoms with Crippen LogP contribution >= 0.6 is 12.2 Å². The van der Waals surface area contributed by atoms with E-state index in [9.17, 15) is 0 Å². The number of H-pyrrole nitrogens is 1. The van der Waals surface area contributed by atoms with Gasteiger partial charge in [0, 0.05) is 11.3 Å². The van der Waals surface area contributed by atoms with Crippen molar-refractivity contribution in [2.75, 3.05) is 0 Å². The van der Waals surface area contributed by atoms with Crippen LogP contribution in [0.2, 0.25) is 0 Å². The van der Waals surface area contributed by atoms with E-state index in [0.717, 1.165) is 16.6 Å². The van der Waals surface area contributed by atoms with Gasteiger partial charge in [0.1, 0.15) is 4.64 Å². The zero-order chi connectivity index (χ0) is 9.26. The van der Waals surface area contributed by atoms with Crippen LogP contribution < -0.4 is 0 Å². The molecule has 0 unspecified atom stereocenters. The van der Waals surface area contributed by atoms with Crippen molar-refractivity contribution in [1.82, 2.24) is 4.98 Å². The smallest absolute Gasteiger partial charge is 0.110 e. The Bertz CT molecular complexity index is 390. The van der Waals surface area contributed by atoms with Crippen LogP contribution in [-0.2, 0) is 12.8 Å². The van der Waals surface area contributed by atoms with Gasteiger partial charge >= 0.3 is 0 Å². The highest BCUT2D eigenvalue weighted by Gasteiger charge is 2.09. The predicted octanol–water partition coefficient (Wildman–Crippen LogP) is 3.27. The van der Waals surface area contributed by atoms with Crippen molar-refractivity contribution in [3.05, 3.63) is 34.1 Å². The molecule has 1 N–H and O–H groups in total. The topological polar surface area (TPSA) is 15.8 Å². The molecule has 2 rings (SSSR count). The quantitative estimate of drug-likeness (QED) is 0.674. The molecule has 1 aliphatic rings. The minimum Gasteiger partial charge on any atom is -0.349 e. The van der Waals surface area contributed by atoms with Crippen LogP contribution in [0.15, 0.2) is 12.6 Å². The van der Waals surface area contributed by atoms with Crippen molar-refractivity contribution in [2.45, 2.75) is 25.7 Å². The molecule has 13 heavy (non-hydrogen) atoms. The minimum absolute atomic E-state index is 0.829. The van der Waals surface area contributed by atoms with Crippen LogP contribution in [0.25, 0.3) is 6.08 Å². The van der Waals surface area contributed by atoms with Crippen molar-refractivity contribution < 1.29 is 0 Å². The summed E-state index contributed by atoms with van der Waals surface area (Å²) in [6.45, 7) is 3.75. The molecule has 0 radical (unpaired) electrons. The first-order valence-corrected chi connectivity index (χ1v) is 5.09. The fourth-order valence-electron chi connectivity index (χ4n) is 1.84. The average molecular weight is 191 g/mol. The van der Waals surface area contributed by atoms with Gasteiger partial charge in [-0.25, -0.2) is 0 Å². The SMILES string of the molecule is C=Cc1cc2c([nH]c1=S)CCCC2. The minimum atomic E-state index is 0.829. The van der Waals surface area contributed by atoms with Gasteiger partial charge in [-0.2, -0.15) is 0 Å². The van der Waals surface area contributed by atoms with E-state index < -0.39 is 0 Å². The average Bonchev–Trinajstić information content (AvgIpc) is 2.17. The Hall–Kier alpha value is -0.890. The first kappa shape index (κ1) is 8.70. The molecule has 1 aromatic heterocycles. The van der Waals surface area contributed by atoms with Gasteiger partial charge in [-0.05, 0) is 37.3 Å². The highest BCUT2D eigenvalue weighted by Crippen LogP contribution is 2.21. The first-order chi connectivity index (χ1) is 6.31. The molecular weight excluding hydrogens is 178 g/mol. The molecule has 0 amide bonds. The van der Waals surface area contributed by atoms with E-state index in [1.807, 2.05) is 6.08 Å². The Labute approximate surface area is 83.5 Å². The van der Waals surface area contributed by atoms with Crippen molar-refractivity contribution in [1.29, 1.82) is 0 Å². The Morgan fingerprint density at radius 2 is 2.15 bits per heavy atom. The molecule has 0 aromatic carbocycles. The standard InChI is InChI=1S/C11H13NS/c1-2-8-7-9-5-3-4-6-10(9)12-11(8)13/h2,7H,1,3-6H2,(H,12,13). The largest absolute Gasteiger partial charge is 0.349 e. The van der Waals surface area contributed by atoms with Gasteiger partial charge in [0.05, 0.1) is 0 Å². The third-order valence-electron chi connectivity index (χ3n) is 2.59. The molecule has 1 nitrogen and oxygen atoms in total. The van der Waals surface area contributed by atoms with Gasteiger partial charge in [-0.3, -0.25) is 0 Å². The van der Waals surface area contributed by atoms with Crippen LogP contribution in [0, 0.1) is 4.64 Å². The molecule has 0 saturated heterocycles. The summed E-state index contributed by atoms with van der Waals surface area (Å²) in [5.41, 5.74) is 3.83. The zero-order valence-corrected chi connectivity index (χ0v) is 8.41. The number of rotatable bonds is 1. The van der Waals surface area contributed by atoms with Gasteiger partial charge in [0.25, 0.3) is 0 Å². The molecule has 0 aliphatic heterocycles. The van der Waals surface area contributed by atoms with Gasteiger partial charge in [-0.1, -0.05) is 24.9 Å². The molecule has 1 aliphatic carbocycles. The highest BCUT2D eigenvalue weighted by molar-refractivity contribution is 7.71. The molecule has 1 heterocycles. The predicted molar refractivity (Wildman–Crippen MR) is 58.4 cm³/mol. The second-order valence-electron chi connectivity index (χ2n) is 3.47. The van der Waals surface area contributed by atoms with E-state index in [1.165, 1.54) is 30.5 Å². The van der Waals surface area contributed by atoms with E-state index in [2.05, 4.69) is 17.6 Å². The van der Waals surface area contributed by atoms with Crippen molar-refractivity contribution in [2.24, 2.45) is 0 Å². The van der Waals surface area contributed by atoms with Gasteiger partial charge in [0.2, 0.25) is 0 Å². The number of hydrogen-bond donors (Lipinski definition) is 1. The van der Waals surface area contributed by atoms with Crippen molar-refractivity contribution in [3.63, 3.8) is 0 Å². The number of hydrogen-bond acceptors (Lipinski definition) is 1. The summed E-state index contributed by atoms with van der Waals surface area (Å²) in [5.74, 6) is 0. The summed E-state index contributed by atoms with van der Waals surface area (Å²) in [6.07, 6.45) is 6.74. The lowest BCUT2D eigenvalue weighted by atomic mass is 9.95. The summed E-state index contributed by atoms with van der Waals surface area (Å²) in [6, 6.07) is 2.18. The van der Waals surface area contributed by atoms with E-state index in [1.54, 1.807) is 0 Å². The molecule has 2 heteroatoms. The van der Waals surface area contributed by atoms with E-state index >= 15 is 0 Å². The van der Waals surface area contributed by atoms with Crippen molar-refractivity contribution >= 4 is 18.3 Å². The Morgan fingerprint density at radius 3 is 2.92 bits per heavy atom. The number of nitrogens with one attached hydrogen (secondary N) is 1. The molecular formula is C11H13NS. The van der Waals surface area contributed by atoms with E-state index in [0.29, 0.717) is 0 Å². The number of aromatic amines is 1. The monoisotopic (exact) mass is 191 g/mol. The molecule has 0 atom stereocenters. The summed E-state index contributed by atoms with van der Waals surface area (Å²) in [5, 5.41) is 0. The third-order valence-corrected chi connectivity index (χ3v) is 2.92. The van der Waals surface area contributed by atoms with Crippen LogP contribution in [0.3, 0.4) is 0 Å². The van der Waals surface area contributed by atoms with Crippen LogP contribution in [0.1, 0.15) is 29.7 Å². The maximum Gasteiger partial charge on any atom is 0.110 e. The maximum atomic E-state index is 5.21. The number of aryl methyl sites for hydroxylation is 2. The maximum absolute atomic E-state index is 5.21. The highest BCUT2D eigenvalue weighted by atomic mass is 32.1. The van der Waals surface area contributed by atoms with E-state index in [4.69, 9.17) is 12.2 Å². The lowest BCUT2D eigenvalue weighted by molar-refractivity contribution is 0.666. The Balaban J connectivity index is 2.57. The Kier molecular flexibility index (Phi) is 2.32. The number of aromatic nitrogens is 1. The van der Waals surface area contributed by atoms with E-state index in [-0.39, 0.29) is 0 Å². The zero-order valence-electron chi connectivity index (χ0n) is 7.60. The molecule has 0 bridgehead atoms. The first-order valence-electron chi connectivity index (χ1n) is 4.69. The lowest BCUT2D eigenvalue weighted by Crippen LogP contribution is -2.05. The number of fused-ring (bicyclic) bond motifs is 1. The Morgan fingerprint density at radius 1 is 1.38 bits per heavy atom. The summed E-state index contributed by atoms with van der Waals surface area (Å²) in [7, 11) is 0. The summed E-state index contributed by atoms with van der Waals surface area (Å²) < 4.78 is 0.829. The second kappa shape index (κ2) is 3.46. The number of pyridine rings is 1. The molecule has 1 aromatic rings. The van der Waals surface area contributed by atoms with Crippen LogP contribution in [0.4, 0.5) is 0 Å². The summed E-state index contributed by atoms with van der Waals surface area (Å²) >= 11 is 5.21. The van der Waals surface area contributed by atoms with Crippen LogP contribution in [-0.4, -0.2) is 4.98 Å². The van der Waals surface area contributed by atoms with Gasteiger partial charge in [-0.15, -0.1) is 0 Å². The third kappa shape index (κ3) is 1.59. The van der Waals surface area contributed by atoms with Crippen molar-refractivity contribution in [3.8, 4) is 0 Å².